The Morgan fingerprint density at radius 2 is 1.51 bits per heavy atom. The molecule has 10 heteroatoms. The van der Waals surface area contributed by atoms with Crippen molar-refractivity contribution in [3.8, 4) is 5.75 Å². The normalized spacial score (nSPS) is 21.5. The van der Waals surface area contributed by atoms with Crippen LogP contribution in [0.4, 0.5) is 18.9 Å². The van der Waals surface area contributed by atoms with Gasteiger partial charge in [0.05, 0.1) is 17.2 Å². The zero-order valence-corrected chi connectivity index (χ0v) is 21.9. The number of carboxylic acids is 1. The molecule has 2 fully saturated rings. The molecule has 6 rings (SSSR count). The first-order chi connectivity index (χ1) is 19.6. The maximum absolute atomic E-state index is 14.1. The van der Waals surface area contributed by atoms with E-state index in [2.05, 4.69) is 4.74 Å². The Labute approximate surface area is 234 Å². The molecule has 3 atom stereocenters. The van der Waals surface area contributed by atoms with Crippen molar-refractivity contribution in [2.45, 2.75) is 56.6 Å². The van der Waals surface area contributed by atoms with Crippen LogP contribution in [0, 0.1) is 5.92 Å². The average Bonchev–Trinajstić information content (AvgIpc) is 3.67. The monoisotopic (exact) mass is 564 g/mol. The van der Waals surface area contributed by atoms with Gasteiger partial charge in [-0.3, -0.25) is 9.59 Å². The number of amides is 2. The lowest BCUT2D eigenvalue weighted by Crippen LogP contribution is -2.53. The number of rotatable bonds is 6. The molecule has 3 aromatic carbocycles. The number of anilines is 1. The van der Waals surface area contributed by atoms with Gasteiger partial charge in [0.25, 0.3) is 11.8 Å². The van der Waals surface area contributed by atoms with Gasteiger partial charge in [-0.1, -0.05) is 36.8 Å². The summed E-state index contributed by atoms with van der Waals surface area (Å²) in [6.07, 6.45) is -0.907. The average molecular weight is 565 g/mol. The van der Waals surface area contributed by atoms with E-state index >= 15 is 0 Å². The number of carbonyl (C=O) groups is 3. The first kappa shape index (κ1) is 26.9. The molecule has 0 unspecified atom stereocenters. The second kappa shape index (κ2) is 10.2. The number of fused-ring (bicyclic) bond motifs is 2. The minimum Gasteiger partial charge on any atom is -0.478 e. The zero-order valence-electron chi connectivity index (χ0n) is 21.9. The van der Waals surface area contributed by atoms with Crippen LogP contribution in [0.15, 0.2) is 72.8 Å². The molecule has 3 aliphatic rings. The molecule has 0 radical (unpaired) electrons. The van der Waals surface area contributed by atoms with Crippen LogP contribution in [0.1, 0.15) is 74.8 Å². The topological polar surface area (TPSA) is 87.2 Å². The first-order valence-corrected chi connectivity index (χ1v) is 13.6. The maximum atomic E-state index is 14.1. The van der Waals surface area contributed by atoms with E-state index in [-0.39, 0.29) is 52.5 Å². The fourth-order valence-electron chi connectivity index (χ4n) is 6.45. The molecule has 2 saturated carbocycles. The summed E-state index contributed by atoms with van der Waals surface area (Å²) in [5.74, 6) is -2.35. The summed E-state index contributed by atoms with van der Waals surface area (Å²) in [5.41, 5.74) is 1.76. The summed E-state index contributed by atoms with van der Waals surface area (Å²) < 4.78 is 41.9. The van der Waals surface area contributed by atoms with Gasteiger partial charge in [0.1, 0.15) is 5.75 Å². The molecule has 0 bridgehead atoms. The molecule has 0 aromatic heterocycles. The second-order valence-electron chi connectivity index (χ2n) is 10.7. The molecular formula is C31H27F3N2O5. The maximum Gasteiger partial charge on any atom is 0.573 e. The van der Waals surface area contributed by atoms with Gasteiger partial charge in [-0.2, -0.15) is 0 Å². The number of carboxylic acid groups (broad SMARTS) is 1. The second-order valence-corrected chi connectivity index (χ2v) is 10.7. The Hall–Kier alpha value is -4.34. The van der Waals surface area contributed by atoms with E-state index in [1.807, 2.05) is 29.2 Å². The number of nitrogens with zero attached hydrogens (tertiary/aromatic N) is 2. The number of hydrogen-bond acceptors (Lipinski definition) is 4. The Morgan fingerprint density at radius 3 is 2.17 bits per heavy atom. The van der Waals surface area contributed by atoms with Gasteiger partial charge >= 0.3 is 12.3 Å². The summed E-state index contributed by atoms with van der Waals surface area (Å²) in [5, 5.41) is 9.77. The molecule has 2 aliphatic carbocycles. The summed E-state index contributed by atoms with van der Waals surface area (Å²) in [6.45, 7) is 0. The fourth-order valence-corrected chi connectivity index (χ4v) is 6.45. The molecule has 1 aliphatic heterocycles. The number of hydrogen-bond donors (Lipinski definition) is 1. The quantitative estimate of drug-likeness (QED) is 0.372. The van der Waals surface area contributed by atoms with E-state index in [0.29, 0.717) is 12.1 Å². The van der Waals surface area contributed by atoms with Crippen LogP contribution in [-0.2, 0) is 0 Å². The summed E-state index contributed by atoms with van der Waals surface area (Å²) >= 11 is 0. The number of aromatic carboxylic acids is 1. The number of ether oxygens (including phenoxy) is 1. The van der Waals surface area contributed by atoms with Crippen LogP contribution in [0.5, 0.6) is 5.75 Å². The van der Waals surface area contributed by atoms with E-state index < -0.39 is 18.1 Å². The summed E-state index contributed by atoms with van der Waals surface area (Å²) in [6, 6.07) is 17.9. The number of alkyl halides is 3. The summed E-state index contributed by atoms with van der Waals surface area (Å²) in [7, 11) is 0. The van der Waals surface area contributed by atoms with Gasteiger partial charge in [-0.25, -0.2) is 4.79 Å². The highest BCUT2D eigenvalue weighted by Crippen LogP contribution is 2.53. The van der Waals surface area contributed by atoms with Crippen LogP contribution in [0.2, 0.25) is 0 Å². The fraction of sp³-hybridized carbons (Fsp3) is 0.323. The Morgan fingerprint density at radius 1 is 0.854 bits per heavy atom. The van der Waals surface area contributed by atoms with E-state index in [1.165, 1.54) is 18.2 Å². The molecule has 41 heavy (non-hydrogen) atoms. The van der Waals surface area contributed by atoms with Gasteiger partial charge in [0.2, 0.25) is 0 Å². The lowest BCUT2D eigenvalue weighted by atomic mass is 9.81. The smallest absolute Gasteiger partial charge is 0.478 e. The van der Waals surface area contributed by atoms with Crippen molar-refractivity contribution >= 4 is 23.5 Å². The minimum atomic E-state index is -4.83. The van der Waals surface area contributed by atoms with Crippen molar-refractivity contribution in [1.82, 2.24) is 4.90 Å². The SMILES string of the molecule is O=C(O)c1ccccc1C(=O)N(C1CC1)[C@H]1c2ccccc2N(C(=O)c2ccc(OC(F)(F)F)cc2)[C@@H]2CCC[C@@H]21. The lowest BCUT2D eigenvalue weighted by molar-refractivity contribution is -0.274. The van der Waals surface area contributed by atoms with Gasteiger partial charge in [-0.15, -0.1) is 13.2 Å². The first-order valence-electron chi connectivity index (χ1n) is 13.6. The predicted octanol–water partition coefficient (Wildman–Crippen LogP) is 6.46. The number of carbonyl (C=O) groups excluding carboxylic acids is 2. The highest BCUT2D eigenvalue weighted by Gasteiger charge is 2.51. The number of halogens is 3. The molecule has 212 valence electrons. The number of para-hydroxylation sites is 1. The lowest BCUT2D eigenvalue weighted by Gasteiger charge is -2.48. The highest BCUT2D eigenvalue weighted by atomic mass is 19.4. The zero-order chi connectivity index (χ0) is 28.9. The van der Waals surface area contributed by atoms with E-state index in [0.717, 1.165) is 43.4 Å². The van der Waals surface area contributed by atoms with E-state index in [4.69, 9.17) is 0 Å². The van der Waals surface area contributed by atoms with Gasteiger partial charge in [-0.05, 0) is 73.7 Å². The molecule has 0 saturated heterocycles. The van der Waals surface area contributed by atoms with Crippen molar-refractivity contribution in [3.63, 3.8) is 0 Å². The van der Waals surface area contributed by atoms with Crippen molar-refractivity contribution < 1.29 is 37.4 Å². The Balaban J connectivity index is 1.39. The van der Waals surface area contributed by atoms with Crippen LogP contribution in [0.3, 0.4) is 0 Å². The molecular weight excluding hydrogens is 537 g/mol. The van der Waals surface area contributed by atoms with Crippen LogP contribution >= 0.6 is 0 Å². The van der Waals surface area contributed by atoms with E-state index in [1.54, 1.807) is 23.1 Å². The molecule has 1 N–H and O–H groups in total. The molecule has 2 amide bonds. The van der Waals surface area contributed by atoms with Gasteiger partial charge in [0, 0.05) is 29.3 Å². The van der Waals surface area contributed by atoms with Gasteiger partial charge < -0.3 is 19.6 Å². The standard InChI is InChI=1S/C31H27F3N2O5/c32-31(33,34)41-20-16-12-18(13-17-20)28(37)36-25-10-4-3-8-23(25)27(24-9-5-11-26(24)36)35(19-14-15-19)29(38)21-6-1-2-7-22(21)30(39)40/h1-4,6-8,10,12-13,16-17,19,24,26-27H,5,9,11,14-15H2,(H,39,40)/t24-,26+,27-/m0/s1. The Bertz CT molecular complexity index is 1500. The van der Waals surface area contributed by atoms with Crippen molar-refractivity contribution in [3.05, 3.63) is 95.1 Å². The molecule has 1 heterocycles. The highest BCUT2D eigenvalue weighted by molar-refractivity contribution is 6.08. The van der Waals surface area contributed by atoms with Crippen LogP contribution < -0.4 is 9.64 Å². The third-order valence-electron chi connectivity index (χ3n) is 8.20. The van der Waals surface area contributed by atoms with Crippen molar-refractivity contribution in [2.75, 3.05) is 4.90 Å². The number of benzene rings is 3. The van der Waals surface area contributed by atoms with Crippen LogP contribution in [-0.4, -0.2) is 46.2 Å². The third-order valence-corrected chi connectivity index (χ3v) is 8.20. The minimum absolute atomic E-state index is 0.0351. The molecule has 0 spiro atoms. The molecule has 3 aromatic rings. The summed E-state index contributed by atoms with van der Waals surface area (Å²) in [4.78, 5) is 43.5. The largest absolute Gasteiger partial charge is 0.573 e. The predicted molar refractivity (Wildman–Crippen MR) is 143 cm³/mol. The van der Waals surface area contributed by atoms with Crippen molar-refractivity contribution in [1.29, 1.82) is 0 Å². The Kier molecular flexibility index (Phi) is 6.71. The van der Waals surface area contributed by atoms with E-state index in [9.17, 15) is 32.7 Å². The van der Waals surface area contributed by atoms with Gasteiger partial charge in [0.15, 0.2) is 0 Å². The third kappa shape index (κ3) is 5.03. The van der Waals surface area contributed by atoms with Crippen LogP contribution in [0.25, 0.3) is 0 Å². The molecule has 7 nitrogen and oxygen atoms in total. The van der Waals surface area contributed by atoms with Crippen molar-refractivity contribution in [2.24, 2.45) is 5.92 Å².